The third kappa shape index (κ3) is 2.69. The Morgan fingerprint density at radius 1 is 1.17 bits per heavy atom. The monoisotopic (exact) mass is 343 g/mol. The summed E-state index contributed by atoms with van der Waals surface area (Å²) in [5.74, 6) is -0.161. The first-order chi connectivity index (χ1) is 11.3. The van der Waals surface area contributed by atoms with Crippen molar-refractivity contribution in [1.82, 2.24) is 14.9 Å². The van der Waals surface area contributed by atoms with Gasteiger partial charge in [0.05, 0.1) is 17.9 Å². The summed E-state index contributed by atoms with van der Waals surface area (Å²) >= 11 is 4.22. The van der Waals surface area contributed by atoms with E-state index in [4.69, 9.17) is 5.73 Å². The van der Waals surface area contributed by atoms with Crippen molar-refractivity contribution in [2.45, 2.75) is 30.8 Å². The fraction of sp³-hybridized carbons (Fsp3) is 0.250. The van der Waals surface area contributed by atoms with E-state index in [1.54, 1.807) is 44.2 Å². The lowest BCUT2D eigenvalue weighted by Gasteiger charge is -2.27. The van der Waals surface area contributed by atoms with E-state index in [2.05, 4.69) is 22.6 Å². The molecule has 2 heterocycles. The Labute approximate surface area is 144 Å². The van der Waals surface area contributed by atoms with Crippen LogP contribution in [0.5, 0.6) is 0 Å². The van der Waals surface area contributed by atoms with Gasteiger partial charge in [0.25, 0.3) is 5.91 Å². The highest BCUT2D eigenvalue weighted by Gasteiger charge is 2.51. The Hall–Kier alpha value is -2.61. The van der Waals surface area contributed by atoms with Gasteiger partial charge in [0.1, 0.15) is 5.54 Å². The van der Waals surface area contributed by atoms with Crippen LogP contribution in [0.4, 0.5) is 16.4 Å². The molecule has 1 aromatic heterocycles. The standard InChI is InChI=1S/C16H17N5O2S/c1-16(2)13(22)21(11-3-5-12(24)6-4-11)15(23)20(16)9-10-7-8-18-14(17)19-10/h3-8,24H,9H2,1-2H3,(H2,17,18,19). The van der Waals surface area contributed by atoms with E-state index < -0.39 is 11.6 Å². The van der Waals surface area contributed by atoms with Gasteiger partial charge in [-0.05, 0) is 44.2 Å². The lowest BCUT2D eigenvalue weighted by molar-refractivity contribution is -0.123. The average molecular weight is 343 g/mol. The van der Waals surface area contributed by atoms with Crippen LogP contribution >= 0.6 is 12.6 Å². The molecule has 1 fully saturated rings. The lowest BCUT2D eigenvalue weighted by Crippen LogP contribution is -2.43. The number of nitrogen functional groups attached to an aromatic ring is 1. The zero-order chi connectivity index (χ0) is 17.5. The molecule has 2 N–H and O–H groups in total. The molecule has 0 spiro atoms. The number of anilines is 2. The average Bonchev–Trinajstić information content (AvgIpc) is 2.69. The molecule has 1 aliphatic rings. The smallest absolute Gasteiger partial charge is 0.332 e. The third-order valence-corrected chi connectivity index (χ3v) is 4.28. The second-order valence-electron chi connectivity index (χ2n) is 5.99. The van der Waals surface area contributed by atoms with Crippen molar-refractivity contribution in [2.75, 3.05) is 10.6 Å². The summed E-state index contributed by atoms with van der Waals surface area (Å²) in [7, 11) is 0. The van der Waals surface area contributed by atoms with Gasteiger partial charge >= 0.3 is 6.03 Å². The molecule has 2 aromatic rings. The van der Waals surface area contributed by atoms with Crippen LogP contribution in [0.1, 0.15) is 19.5 Å². The van der Waals surface area contributed by atoms with Crippen molar-refractivity contribution >= 4 is 36.2 Å². The van der Waals surface area contributed by atoms with Crippen LogP contribution in [-0.2, 0) is 11.3 Å². The molecular formula is C16H17N5O2S. The van der Waals surface area contributed by atoms with Crippen molar-refractivity contribution in [3.63, 3.8) is 0 Å². The normalized spacial score (nSPS) is 16.8. The molecule has 0 unspecified atom stereocenters. The predicted molar refractivity (Wildman–Crippen MR) is 92.6 cm³/mol. The van der Waals surface area contributed by atoms with E-state index in [-0.39, 0.29) is 18.4 Å². The van der Waals surface area contributed by atoms with Crippen LogP contribution in [0.3, 0.4) is 0 Å². The highest BCUT2D eigenvalue weighted by Crippen LogP contribution is 2.33. The number of rotatable bonds is 3. The van der Waals surface area contributed by atoms with Gasteiger partial charge in [-0.3, -0.25) is 4.79 Å². The molecule has 3 amide bonds. The number of imide groups is 1. The fourth-order valence-electron chi connectivity index (χ4n) is 2.59. The number of nitrogens with two attached hydrogens (primary N) is 1. The summed E-state index contributed by atoms with van der Waals surface area (Å²) in [6.45, 7) is 3.60. The molecule has 124 valence electrons. The zero-order valence-electron chi connectivity index (χ0n) is 13.3. The topological polar surface area (TPSA) is 92.4 Å². The van der Waals surface area contributed by atoms with Gasteiger partial charge in [0, 0.05) is 11.1 Å². The Kier molecular flexibility index (Phi) is 3.92. The Balaban J connectivity index is 1.94. The van der Waals surface area contributed by atoms with Gasteiger partial charge in [-0.25, -0.2) is 19.7 Å². The number of nitrogens with zero attached hydrogens (tertiary/aromatic N) is 4. The quantitative estimate of drug-likeness (QED) is 0.658. The highest BCUT2D eigenvalue weighted by molar-refractivity contribution is 7.80. The largest absolute Gasteiger partial charge is 0.368 e. The number of hydrogen-bond donors (Lipinski definition) is 2. The third-order valence-electron chi connectivity index (χ3n) is 3.98. The minimum Gasteiger partial charge on any atom is -0.368 e. The zero-order valence-corrected chi connectivity index (χ0v) is 14.2. The molecule has 0 radical (unpaired) electrons. The van der Waals surface area contributed by atoms with Crippen LogP contribution in [-0.4, -0.2) is 32.3 Å². The Morgan fingerprint density at radius 3 is 2.46 bits per heavy atom. The van der Waals surface area contributed by atoms with Crippen LogP contribution < -0.4 is 10.6 Å². The van der Waals surface area contributed by atoms with Crippen molar-refractivity contribution in [1.29, 1.82) is 0 Å². The number of benzene rings is 1. The molecule has 1 aliphatic heterocycles. The molecule has 0 aliphatic carbocycles. The van der Waals surface area contributed by atoms with Crippen molar-refractivity contribution in [2.24, 2.45) is 0 Å². The van der Waals surface area contributed by atoms with E-state index in [1.807, 2.05) is 0 Å². The molecule has 8 heteroatoms. The number of carbonyl (C=O) groups is 2. The molecule has 1 aromatic carbocycles. The molecule has 0 saturated carbocycles. The van der Waals surface area contributed by atoms with Crippen molar-refractivity contribution in [3.05, 3.63) is 42.2 Å². The Morgan fingerprint density at radius 2 is 1.83 bits per heavy atom. The molecule has 24 heavy (non-hydrogen) atoms. The summed E-state index contributed by atoms with van der Waals surface area (Å²) < 4.78 is 0. The van der Waals surface area contributed by atoms with E-state index in [9.17, 15) is 9.59 Å². The van der Waals surface area contributed by atoms with Gasteiger partial charge in [0.2, 0.25) is 5.95 Å². The number of urea groups is 1. The summed E-state index contributed by atoms with van der Waals surface area (Å²) in [5.41, 5.74) is 5.68. The van der Waals surface area contributed by atoms with Crippen LogP contribution in [0, 0.1) is 0 Å². The second kappa shape index (κ2) is 5.79. The first-order valence-electron chi connectivity index (χ1n) is 7.33. The number of amides is 3. The second-order valence-corrected chi connectivity index (χ2v) is 6.51. The minimum absolute atomic E-state index is 0.129. The van der Waals surface area contributed by atoms with E-state index >= 15 is 0 Å². The van der Waals surface area contributed by atoms with Crippen molar-refractivity contribution < 1.29 is 9.59 Å². The highest BCUT2D eigenvalue weighted by atomic mass is 32.1. The van der Waals surface area contributed by atoms with Gasteiger partial charge in [-0.15, -0.1) is 12.6 Å². The van der Waals surface area contributed by atoms with Gasteiger partial charge in [0.15, 0.2) is 0 Å². The predicted octanol–water partition coefficient (Wildman–Crippen LogP) is 2.09. The number of carbonyl (C=O) groups excluding carboxylic acids is 2. The van der Waals surface area contributed by atoms with E-state index in [0.717, 1.165) is 4.90 Å². The van der Waals surface area contributed by atoms with Crippen LogP contribution in [0.2, 0.25) is 0 Å². The number of thiol groups is 1. The number of aromatic nitrogens is 2. The maximum atomic E-state index is 12.8. The summed E-state index contributed by atoms with van der Waals surface area (Å²) in [6, 6.07) is 8.14. The van der Waals surface area contributed by atoms with Gasteiger partial charge < -0.3 is 10.6 Å². The molecular weight excluding hydrogens is 326 g/mol. The van der Waals surface area contributed by atoms with E-state index in [1.165, 1.54) is 16.0 Å². The van der Waals surface area contributed by atoms with Gasteiger partial charge in [-0.2, -0.15) is 0 Å². The summed E-state index contributed by atoms with van der Waals surface area (Å²) in [6.07, 6.45) is 1.52. The Bertz CT molecular complexity index is 806. The molecule has 7 nitrogen and oxygen atoms in total. The molecule has 0 bridgehead atoms. The van der Waals surface area contributed by atoms with E-state index in [0.29, 0.717) is 11.4 Å². The van der Waals surface area contributed by atoms with Crippen molar-refractivity contribution in [3.8, 4) is 0 Å². The van der Waals surface area contributed by atoms with Crippen LogP contribution in [0.25, 0.3) is 0 Å². The molecule has 1 saturated heterocycles. The SMILES string of the molecule is CC1(C)C(=O)N(c2ccc(S)cc2)C(=O)N1Cc1ccnc(N)n1. The maximum Gasteiger partial charge on any atom is 0.332 e. The lowest BCUT2D eigenvalue weighted by atomic mass is 10.0. The first kappa shape index (κ1) is 16.3. The summed E-state index contributed by atoms with van der Waals surface area (Å²) in [4.78, 5) is 37.0. The number of hydrogen-bond acceptors (Lipinski definition) is 6. The fourth-order valence-corrected chi connectivity index (χ4v) is 2.74. The summed E-state index contributed by atoms with van der Waals surface area (Å²) in [5, 5.41) is 0. The minimum atomic E-state index is -0.990. The molecule has 3 rings (SSSR count). The van der Waals surface area contributed by atoms with Gasteiger partial charge in [-0.1, -0.05) is 0 Å². The van der Waals surface area contributed by atoms with Crippen LogP contribution in [0.15, 0.2) is 41.4 Å². The maximum absolute atomic E-state index is 12.8. The molecule has 0 atom stereocenters. The first-order valence-corrected chi connectivity index (χ1v) is 7.78.